The summed E-state index contributed by atoms with van der Waals surface area (Å²) in [7, 11) is 0. The third kappa shape index (κ3) is 3.56. The second-order valence-electron chi connectivity index (χ2n) is 6.08. The van der Waals surface area contributed by atoms with Crippen LogP contribution in [0.4, 0.5) is 4.79 Å². The van der Waals surface area contributed by atoms with Crippen molar-refractivity contribution >= 4 is 6.03 Å². The predicted molar refractivity (Wildman–Crippen MR) is 79.2 cm³/mol. The first-order chi connectivity index (χ1) is 9.97. The Hall–Kier alpha value is -1.56. The average molecular weight is 295 g/mol. The minimum absolute atomic E-state index is 0.107. The number of amides is 2. The summed E-state index contributed by atoms with van der Waals surface area (Å²) in [5.74, 6) is 0.954. The van der Waals surface area contributed by atoms with Crippen LogP contribution in [0.3, 0.4) is 0 Å². The van der Waals surface area contributed by atoms with Crippen LogP contribution in [0, 0.1) is 13.8 Å². The number of carbonyl (C=O) groups is 1. The Kier molecular flexibility index (Phi) is 4.88. The van der Waals surface area contributed by atoms with Gasteiger partial charge in [0.25, 0.3) is 0 Å². The van der Waals surface area contributed by atoms with Crippen molar-refractivity contribution in [3.63, 3.8) is 0 Å². The van der Waals surface area contributed by atoms with Crippen LogP contribution in [0.1, 0.15) is 55.5 Å². The zero-order valence-corrected chi connectivity index (χ0v) is 13.0. The molecule has 0 aromatic carbocycles. The van der Waals surface area contributed by atoms with Crippen LogP contribution in [0.25, 0.3) is 0 Å². The summed E-state index contributed by atoms with van der Waals surface area (Å²) in [6, 6.07) is -0.165. The quantitative estimate of drug-likeness (QED) is 0.749. The first kappa shape index (κ1) is 15.8. The van der Waals surface area contributed by atoms with E-state index in [9.17, 15) is 4.79 Å². The lowest BCUT2D eigenvalue weighted by Gasteiger charge is -2.42. The van der Waals surface area contributed by atoms with Crippen molar-refractivity contribution in [2.75, 3.05) is 13.2 Å². The van der Waals surface area contributed by atoms with E-state index in [4.69, 9.17) is 9.63 Å². The lowest BCUT2D eigenvalue weighted by molar-refractivity contribution is 0.135. The van der Waals surface area contributed by atoms with Crippen LogP contribution in [-0.2, 0) is 0 Å². The van der Waals surface area contributed by atoms with Gasteiger partial charge in [-0.3, -0.25) is 0 Å². The Morgan fingerprint density at radius 3 is 2.67 bits per heavy atom. The number of urea groups is 1. The third-order valence-corrected chi connectivity index (χ3v) is 4.43. The highest BCUT2D eigenvalue weighted by atomic mass is 16.5. The van der Waals surface area contributed by atoms with Crippen LogP contribution in [0.15, 0.2) is 4.52 Å². The van der Waals surface area contributed by atoms with E-state index in [1.165, 1.54) is 0 Å². The molecular weight excluding hydrogens is 270 g/mol. The zero-order chi connectivity index (χ0) is 15.5. The molecule has 1 heterocycles. The highest BCUT2D eigenvalue weighted by Gasteiger charge is 2.37. The number of nitrogens with one attached hydrogen (secondary N) is 2. The van der Waals surface area contributed by atoms with Crippen molar-refractivity contribution in [3.05, 3.63) is 17.0 Å². The molecule has 118 valence electrons. The van der Waals surface area contributed by atoms with Crippen molar-refractivity contribution in [2.45, 2.75) is 57.9 Å². The molecule has 3 N–H and O–H groups in total. The molecule has 6 heteroatoms. The molecule has 0 spiro atoms. The fourth-order valence-corrected chi connectivity index (χ4v) is 3.08. The molecule has 1 aliphatic carbocycles. The highest BCUT2D eigenvalue weighted by molar-refractivity contribution is 5.75. The van der Waals surface area contributed by atoms with Gasteiger partial charge < -0.3 is 20.3 Å². The standard InChI is InChI=1S/C15H25N3O3/c1-10(13-11(2)18-21-12(13)3)9-16-14(20)17-15(7-8-19)5-4-6-15/h10,19H,4-9H2,1-3H3,(H2,16,17,20)/t10-/m0/s1. The molecule has 0 radical (unpaired) electrons. The average Bonchev–Trinajstić information content (AvgIpc) is 2.73. The topological polar surface area (TPSA) is 87.4 Å². The molecule has 21 heavy (non-hydrogen) atoms. The van der Waals surface area contributed by atoms with Gasteiger partial charge in [-0.1, -0.05) is 12.1 Å². The van der Waals surface area contributed by atoms with Gasteiger partial charge in [-0.25, -0.2) is 4.79 Å². The Labute approximate surface area is 125 Å². The molecule has 0 aliphatic heterocycles. The summed E-state index contributed by atoms with van der Waals surface area (Å²) in [6.07, 6.45) is 3.62. The molecule has 0 bridgehead atoms. The van der Waals surface area contributed by atoms with Gasteiger partial charge in [0, 0.05) is 30.2 Å². The van der Waals surface area contributed by atoms with Crippen molar-refractivity contribution in [3.8, 4) is 0 Å². The molecule has 0 saturated heterocycles. The van der Waals surface area contributed by atoms with Gasteiger partial charge in [0.1, 0.15) is 5.76 Å². The first-order valence-corrected chi connectivity index (χ1v) is 7.57. The summed E-state index contributed by atoms with van der Waals surface area (Å²) >= 11 is 0. The van der Waals surface area contributed by atoms with Crippen molar-refractivity contribution in [2.24, 2.45) is 0 Å². The molecule has 6 nitrogen and oxygen atoms in total. The lowest BCUT2D eigenvalue weighted by Crippen LogP contribution is -2.57. The number of aryl methyl sites for hydroxylation is 2. The number of aliphatic hydroxyl groups excluding tert-OH is 1. The number of rotatable bonds is 6. The largest absolute Gasteiger partial charge is 0.396 e. The number of hydrogen-bond acceptors (Lipinski definition) is 4. The van der Waals surface area contributed by atoms with E-state index >= 15 is 0 Å². The van der Waals surface area contributed by atoms with Gasteiger partial charge in [-0.15, -0.1) is 0 Å². The van der Waals surface area contributed by atoms with Crippen LogP contribution in [0.5, 0.6) is 0 Å². The van der Waals surface area contributed by atoms with Crippen LogP contribution in [-0.4, -0.2) is 35.0 Å². The maximum atomic E-state index is 12.0. The van der Waals surface area contributed by atoms with E-state index in [1.54, 1.807) is 0 Å². The number of nitrogens with zero attached hydrogens (tertiary/aromatic N) is 1. The zero-order valence-electron chi connectivity index (χ0n) is 13.0. The summed E-state index contributed by atoms with van der Waals surface area (Å²) in [4.78, 5) is 12.0. The fraction of sp³-hybridized carbons (Fsp3) is 0.733. The second-order valence-corrected chi connectivity index (χ2v) is 6.08. The van der Waals surface area contributed by atoms with E-state index < -0.39 is 0 Å². The fourth-order valence-electron chi connectivity index (χ4n) is 3.08. The lowest BCUT2D eigenvalue weighted by atomic mass is 9.74. The van der Waals surface area contributed by atoms with E-state index in [-0.39, 0.29) is 24.1 Å². The van der Waals surface area contributed by atoms with Gasteiger partial charge in [0.2, 0.25) is 0 Å². The van der Waals surface area contributed by atoms with Gasteiger partial charge in [-0.05, 0) is 39.5 Å². The number of carbonyl (C=O) groups excluding carboxylic acids is 1. The smallest absolute Gasteiger partial charge is 0.315 e. The third-order valence-electron chi connectivity index (χ3n) is 4.43. The minimum atomic E-state index is -0.203. The molecule has 0 unspecified atom stereocenters. The number of aromatic nitrogens is 1. The summed E-state index contributed by atoms with van der Waals surface area (Å²) < 4.78 is 5.16. The summed E-state index contributed by atoms with van der Waals surface area (Å²) in [5.41, 5.74) is 1.73. The molecular formula is C15H25N3O3. The summed E-state index contributed by atoms with van der Waals surface area (Å²) in [6.45, 7) is 6.48. The SMILES string of the molecule is Cc1noc(C)c1[C@@H](C)CNC(=O)NC1(CCO)CCC1. The molecule has 1 saturated carbocycles. The molecule has 2 rings (SSSR count). The van der Waals surface area contributed by atoms with Gasteiger partial charge in [-0.2, -0.15) is 0 Å². The van der Waals surface area contributed by atoms with Crippen molar-refractivity contribution in [1.82, 2.24) is 15.8 Å². The monoisotopic (exact) mass is 295 g/mol. The van der Waals surface area contributed by atoms with Crippen molar-refractivity contribution < 1.29 is 14.4 Å². The molecule has 1 fully saturated rings. The Morgan fingerprint density at radius 1 is 1.48 bits per heavy atom. The molecule has 1 aromatic rings. The van der Waals surface area contributed by atoms with E-state index in [0.29, 0.717) is 13.0 Å². The minimum Gasteiger partial charge on any atom is -0.396 e. The Bertz CT molecular complexity index is 475. The Balaban J connectivity index is 1.84. The summed E-state index contributed by atoms with van der Waals surface area (Å²) in [5, 5.41) is 19.0. The predicted octanol–water partition coefficient (Wildman–Crippen LogP) is 2.00. The van der Waals surface area contributed by atoms with Crippen molar-refractivity contribution in [1.29, 1.82) is 0 Å². The Morgan fingerprint density at radius 2 is 2.19 bits per heavy atom. The maximum Gasteiger partial charge on any atom is 0.315 e. The van der Waals surface area contributed by atoms with Crippen LogP contribution >= 0.6 is 0 Å². The number of aliphatic hydroxyl groups is 1. The van der Waals surface area contributed by atoms with E-state index in [2.05, 4.69) is 15.8 Å². The van der Waals surface area contributed by atoms with Gasteiger partial charge in [0.15, 0.2) is 0 Å². The maximum absolute atomic E-state index is 12.0. The normalized spacial score (nSPS) is 17.9. The van der Waals surface area contributed by atoms with E-state index in [1.807, 2.05) is 20.8 Å². The van der Waals surface area contributed by atoms with Crippen LogP contribution in [0.2, 0.25) is 0 Å². The molecule has 1 atom stereocenters. The first-order valence-electron chi connectivity index (χ1n) is 7.57. The van der Waals surface area contributed by atoms with E-state index in [0.717, 1.165) is 36.3 Å². The second kappa shape index (κ2) is 6.47. The number of hydrogen-bond donors (Lipinski definition) is 3. The highest BCUT2D eigenvalue weighted by Crippen LogP contribution is 2.34. The van der Waals surface area contributed by atoms with Crippen LogP contribution < -0.4 is 10.6 Å². The molecule has 1 aliphatic rings. The molecule has 1 aromatic heterocycles. The van der Waals surface area contributed by atoms with Gasteiger partial charge in [0.05, 0.1) is 5.69 Å². The molecule has 2 amide bonds. The van der Waals surface area contributed by atoms with Gasteiger partial charge >= 0.3 is 6.03 Å².